The Morgan fingerprint density at radius 3 is 2.85 bits per heavy atom. The molecule has 3 nitrogen and oxygen atoms in total. The Balaban J connectivity index is 1.95. The molecular formula is C15H11NO2S2. The fraction of sp³-hybridized carbons (Fsp3) is 0.0667. The van der Waals surface area contributed by atoms with E-state index in [0.29, 0.717) is 15.0 Å². The number of benzene rings is 1. The van der Waals surface area contributed by atoms with Gasteiger partial charge in [0.15, 0.2) is 4.32 Å². The number of anilines is 1. The molecule has 0 N–H and O–H groups in total. The summed E-state index contributed by atoms with van der Waals surface area (Å²) in [7, 11) is 0. The lowest BCUT2D eigenvalue weighted by molar-refractivity contribution is -0.113. The molecule has 20 heavy (non-hydrogen) atoms. The SMILES string of the molecule is Cc1cccc(N2C(=O)/C(=C/c3ccco3)SC2=S)c1. The molecule has 100 valence electrons. The molecule has 0 saturated carbocycles. The predicted octanol–water partition coefficient (Wildman–Crippen LogP) is 3.99. The van der Waals surface area contributed by atoms with Crippen LogP contribution in [0.5, 0.6) is 0 Å². The quantitative estimate of drug-likeness (QED) is 0.620. The van der Waals surface area contributed by atoms with Crippen LogP contribution in [0, 0.1) is 6.92 Å². The van der Waals surface area contributed by atoms with Crippen LogP contribution >= 0.6 is 24.0 Å². The summed E-state index contributed by atoms with van der Waals surface area (Å²) >= 11 is 6.60. The molecule has 0 spiro atoms. The van der Waals surface area contributed by atoms with Crippen LogP contribution < -0.4 is 4.90 Å². The molecule has 3 rings (SSSR count). The second-order valence-corrected chi connectivity index (χ2v) is 6.05. The van der Waals surface area contributed by atoms with Crippen molar-refractivity contribution < 1.29 is 9.21 Å². The lowest BCUT2D eigenvalue weighted by Crippen LogP contribution is -2.27. The van der Waals surface area contributed by atoms with E-state index in [4.69, 9.17) is 16.6 Å². The van der Waals surface area contributed by atoms with Crippen molar-refractivity contribution in [3.63, 3.8) is 0 Å². The van der Waals surface area contributed by atoms with Crippen molar-refractivity contribution in [3.05, 3.63) is 58.9 Å². The highest BCUT2D eigenvalue weighted by Crippen LogP contribution is 2.36. The van der Waals surface area contributed by atoms with Crippen LogP contribution in [-0.4, -0.2) is 10.2 Å². The number of amides is 1. The van der Waals surface area contributed by atoms with Gasteiger partial charge >= 0.3 is 0 Å². The van der Waals surface area contributed by atoms with E-state index in [1.165, 1.54) is 11.8 Å². The van der Waals surface area contributed by atoms with E-state index in [1.54, 1.807) is 29.4 Å². The molecule has 1 aromatic heterocycles. The van der Waals surface area contributed by atoms with Crippen LogP contribution in [0.4, 0.5) is 5.69 Å². The Kier molecular flexibility index (Phi) is 3.46. The third-order valence-corrected chi connectivity index (χ3v) is 4.17. The predicted molar refractivity (Wildman–Crippen MR) is 85.5 cm³/mol. The molecule has 1 amide bonds. The molecule has 1 aliphatic rings. The molecule has 0 radical (unpaired) electrons. The Morgan fingerprint density at radius 2 is 2.15 bits per heavy atom. The maximum atomic E-state index is 12.5. The van der Waals surface area contributed by atoms with E-state index < -0.39 is 0 Å². The molecule has 0 unspecified atom stereocenters. The van der Waals surface area contributed by atoms with Crippen LogP contribution in [0.3, 0.4) is 0 Å². The minimum atomic E-state index is -0.109. The summed E-state index contributed by atoms with van der Waals surface area (Å²) in [5, 5.41) is 0. The first-order valence-electron chi connectivity index (χ1n) is 6.03. The minimum absolute atomic E-state index is 0.109. The topological polar surface area (TPSA) is 33.5 Å². The molecule has 1 aromatic carbocycles. The maximum Gasteiger partial charge on any atom is 0.270 e. The van der Waals surface area contributed by atoms with Gasteiger partial charge in [-0.05, 0) is 36.8 Å². The molecule has 0 atom stereocenters. The maximum absolute atomic E-state index is 12.5. The van der Waals surface area contributed by atoms with E-state index in [9.17, 15) is 4.79 Å². The number of aryl methyl sites for hydroxylation is 1. The summed E-state index contributed by atoms with van der Waals surface area (Å²) in [6.45, 7) is 1.99. The Hall–Kier alpha value is -1.85. The van der Waals surface area contributed by atoms with Gasteiger partial charge in [-0.3, -0.25) is 9.69 Å². The van der Waals surface area contributed by atoms with Gasteiger partial charge in [0.2, 0.25) is 0 Å². The Labute approximate surface area is 126 Å². The summed E-state index contributed by atoms with van der Waals surface area (Å²) in [6.07, 6.45) is 3.29. The first kappa shape index (κ1) is 13.1. The number of thioether (sulfide) groups is 1. The second-order valence-electron chi connectivity index (χ2n) is 4.37. The van der Waals surface area contributed by atoms with Gasteiger partial charge in [0.25, 0.3) is 5.91 Å². The zero-order valence-electron chi connectivity index (χ0n) is 10.7. The van der Waals surface area contributed by atoms with Gasteiger partial charge in [0.05, 0.1) is 16.9 Å². The van der Waals surface area contributed by atoms with E-state index in [0.717, 1.165) is 11.3 Å². The van der Waals surface area contributed by atoms with Crippen LogP contribution in [0.1, 0.15) is 11.3 Å². The molecule has 1 saturated heterocycles. The van der Waals surface area contributed by atoms with Crippen molar-refractivity contribution in [1.29, 1.82) is 0 Å². The average Bonchev–Trinajstić information content (AvgIpc) is 2.99. The lowest BCUT2D eigenvalue weighted by Gasteiger charge is -2.14. The number of carbonyl (C=O) groups excluding carboxylic acids is 1. The number of rotatable bonds is 2. The Bertz CT molecular complexity index is 704. The lowest BCUT2D eigenvalue weighted by atomic mass is 10.2. The second kappa shape index (κ2) is 5.26. The van der Waals surface area contributed by atoms with Crippen molar-refractivity contribution in [1.82, 2.24) is 0 Å². The van der Waals surface area contributed by atoms with Crippen LogP contribution in [-0.2, 0) is 4.79 Å². The number of carbonyl (C=O) groups is 1. The Morgan fingerprint density at radius 1 is 1.30 bits per heavy atom. The summed E-state index contributed by atoms with van der Waals surface area (Å²) in [5.41, 5.74) is 1.89. The van der Waals surface area contributed by atoms with Gasteiger partial charge < -0.3 is 4.42 Å². The summed E-state index contributed by atoms with van der Waals surface area (Å²) < 4.78 is 5.78. The fourth-order valence-corrected chi connectivity index (χ4v) is 3.24. The van der Waals surface area contributed by atoms with Crippen molar-refractivity contribution in [2.24, 2.45) is 0 Å². The molecule has 1 aliphatic heterocycles. The minimum Gasteiger partial charge on any atom is -0.465 e. The molecule has 2 aromatic rings. The molecule has 5 heteroatoms. The highest BCUT2D eigenvalue weighted by molar-refractivity contribution is 8.27. The van der Waals surface area contributed by atoms with Crippen molar-refractivity contribution in [3.8, 4) is 0 Å². The molecule has 2 heterocycles. The zero-order valence-corrected chi connectivity index (χ0v) is 12.3. The normalized spacial score (nSPS) is 17.2. The first-order chi connectivity index (χ1) is 9.65. The monoisotopic (exact) mass is 301 g/mol. The molecule has 0 aliphatic carbocycles. The van der Waals surface area contributed by atoms with Crippen molar-refractivity contribution in [2.75, 3.05) is 4.90 Å². The van der Waals surface area contributed by atoms with Gasteiger partial charge in [-0.1, -0.05) is 36.1 Å². The van der Waals surface area contributed by atoms with E-state index in [2.05, 4.69) is 0 Å². The number of thiocarbonyl (C=S) groups is 1. The largest absolute Gasteiger partial charge is 0.465 e. The summed E-state index contributed by atoms with van der Waals surface area (Å²) in [6, 6.07) is 11.3. The van der Waals surface area contributed by atoms with Crippen LogP contribution in [0.2, 0.25) is 0 Å². The summed E-state index contributed by atoms with van der Waals surface area (Å²) in [4.78, 5) is 14.6. The van der Waals surface area contributed by atoms with Crippen LogP contribution in [0.15, 0.2) is 52.0 Å². The zero-order chi connectivity index (χ0) is 14.1. The number of hydrogen-bond acceptors (Lipinski definition) is 4. The standard InChI is InChI=1S/C15H11NO2S2/c1-10-4-2-5-11(8-10)16-14(17)13(20-15(16)19)9-12-6-3-7-18-12/h2-9H,1H3/b13-9-. The van der Waals surface area contributed by atoms with Crippen LogP contribution in [0.25, 0.3) is 6.08 Å². The highest BCUT2D eigenvalue weighted by Gasteiger charge is 2.33. The fourth-order valence-electron chi connectivity index (χ4n) is 1.96. The van der Waals surface area contributed by atoms with Gasteiger partial charge in [0.1, 0.15) is 5.76 Å². The van der Waals surface area contributed by atoms with Crippen molar-refractivity contribution in [2.45, 2.75) is 6.92 Å². The number of furan rings is 1. The van der Waals surface area contributed by atoms with E-state index >= 15 is 0 Å². The summed E-state index contributed by atoms with van der Waals surface area (Å²) in [5.74, 6) is 0.539. The smallest absolute Gasteiger partial charge is 0.270 e. The number of hydrogen-bond donors (Lipinski definition) is 0. The van der Waals surface area contributed by atoms with Gasteiger partial charge in [-0.25, -0.2) is 0 Å². The molecular weight excluding hydrogens is 290 g/mol. The third-order valence-electron chi connectivity index (χ3n) is 2.87. The van der Waals surface area contributed by atoms with E-state index in [-0.39, 0.29) is 5.91 Å². The number of nitrogens with zero attached hydrogens (tertiary/aromatic N) is 1. The molecule has 0 bridgehead atoms. The third kappa shape index (κ3) is 2.42. The first-order valence-corrected chi connectivity index (χ1v) is 7.26. The van der Waals surface area contributed by atoms with Crippen molar-refractivity contribution >= 4 is 46.0 Å². The van der Waals surface area contributed by atoms with E-state index in [1.807, 2.05) is 31.2 Å². The van der Waals surface area contributed by atoms with Gasteiger partial charge in [0, 0.05) is 6.08 Å². The molecule has 1 fully saturated rings. The average molecular weight is 301 g/mol. The van der Waals surface area contributed by atoms with Gasteiger partial charge in [-0.2, -0.15) is 0 Å². The highest BCUT2D eigenvalue weighted by atomic mass is 32.2. The van der Waals surface area contributed by atoms with Gasteiger partial charge in [-0.15, -0.1) is 0 Å².